The number of methoxy groups -OCH3 is 1. The maximum atomic E-state index is 12.8. The van der Waals surface area contributed by atoms with Crippen molar-refractivity contribution in [2.75, 3.05) is 59.3 Å². The highest BCUT2D eigenvalue weighted by atomic mass is 32.2. The number of sulfonamides is 1. The molecule has 0 spiro atoms. The molecular formula is C22H30N4O4S. The molecule has 1 amide bonds. The van der Waals surface area contributed by atoms with Crippen LogP contribution < -0.4 is 15.0 Å². The minimum atomic E-state index is -3.75. The Balaban J connectivity index is 1.78. The van der Waals surface area contributed by atoms with Crippen LogP contribution in [-0.2, 0) is 16.6 Å². The first-order chi connectivity index (χ1) is 14.7. The number of nitrogens with one attached hydrogen (secondary N) is 1. The van der Waals surface area contributed by atoms with Crippen LogP contribution in [0.25, 0.3) is 0 Å². The quantitative estimate of drug-likeness (QED) is 0.696. The van der Waals surface area contributed by atoms with Crippen molar-refractivity contribution in [1.29, 1.82) is 0 Å². The second kappa shape index (κ2) is 9.67. The topological polar surface area (TPSA) is 82.2 Å². The summed E-state index contributed by atoms with van der Waals surface area (Å²) >= 11 is 0. The van der Waals surface area contributed by atoms with Gasteiger partial charge in [0.15, 0.2) is 0 Å². The number of para-hydroxylation sites is 1. The monoisotopic (exact) mass is 446 g/mol. The third kappa shape index (κ3) is 5.17. The van der Waals surface area contributed by atoms with Crippen molar-refractivity contribution >= 4 is 21.6 Å². The number of carbonyl (C=O) groups is 1. The SMILES string of the molecule is COc1ccc(C(=O)NCc2ccccc2N2CCN(C)CC2)cc1S(=O)(=O)N(C)C. The highest BCUT2D eigenvalue weighted by Gasteiger charge is 2.24. The van der Waals surface area contributed by atoms with Crippen molar-refractivity contribution in [3.8, 4) is 5.75 Å². The lowest BCUT2D eigenvalue weighted by atomic mass is 10.1. The summed E-state index contributed by atoms with van der Waals surface area (Å²) in [7, 11) is 2.65. The van der Waals surface area contributed by atoms with Gasteiger partial charge in [0.2, 0.25) is 10.0 Å². The summed E-state index contributed by atoms with van der Waals surface area (Å²) in [6, 6.07) is 12.5. The van der Waals surface area contributed by atoms with Gasteiger partial charge in [-0.05, 0) is 36.9 Å². The maximum Gasteiger partial charge on any atom is 0.251 e. The van der Waals surface area contributed by atoms with Crippen LogP contribution in [0.3, 0.4) is 0 Å². The van der Waals surface area contributed by atoms with Crippen LogP contribution in [0.5, 0.6) is 5.75 Å². The van der Waals surface area contributed by atoms with Gasteiger partial charge in [0.1, 0.15) is 10.6 Å². The predicted octanol–water partition coefficient (Wildman–Crippen LogP) is 1.63. The van der Waals surface area contributed by atoms with E-state index in [0.29, 0.717) is 6.54 Å². The molecule has 0 aromatic heterocycles. The van der Waals surface area contributed by atoms with E-state index in [4.69, 9.17) is 4.74 Å². The van der Waals surface area contributed by atoms with Crippen LogP contribution in [0, 0.1) is 0 Å². The molecule has 8 nitrogen and oxygen atoms in total. The number of hydrogen-bond donors (Lipinski definition) is 1. The van der Waals surface area contributed by atoms with Crippen LogP contribution in [0.15, 0.2) is 47.4 Å². The number of likely N-dealkylation sites (N-methyl/N-ethyl adjacent to an activating group) is 1. The van der Waals surface area contributed by atoms with Gasteiger partial charge in [0, 0.05) is 58.1 Å². The molecule has 1 heterocycles. The molecule has 0 saturated carbocycles. The highest BCUT2D eigenvalue weighted by Crippen LogP contribution is 2.27. The molecule has 168 valence electrons. The molecule has 1 saturated heterocycles. The molecular weight excluding hydrogens is 416 g/mol. The summed E-state index contributed by atoms with van der Waals surface area (Å²) in [6.45, 7) is 4.21. The number of ether oxygens (including phenoxy) is 1. The van der Waals surface area contributed by atoms with Gasteiger partial charge < -0.3 is 19.9 Å². The average molecular weight is 447 g/mol. The van der Waals surface area contributed by atoms with Crippen molar-refractivity contribution in [2.45, 2.75) is 11.4 Å². The zero-order chi connectivity index (χ0) is 22.6. The highest BCUT2D eigenvalue weighted by molar-refractivity contribution is 7.89. The fourth-order valence-electron chi connectivity index (χ4n) is 3.51. The van der Waals surface area contributed by atoms with Gasteiger partial charge in [-0.15, -0.1) is 0 Å². The molecule has 2 aromatic rings. The molecule has 31 heavy (non-hydrogen) atoms. The Morgan fingerprint density at radius 3 is 2.42 bits per heavy atom. The Kier molecular flexibility index (Phi) is 7.19. The van der Waals surface area contributed by atoms with Crippen LogP contribution >= 0.6 is 0 Å². The standard InChI is InChI=1S/C22H30N4O4S/c1-24(2)31(28,29)21-15-17(9-10-20(21)30-4)22(27)23-16-18-7-5-6-8-19(18)26-13-11-25(3)12-14-26/h5-10,15H,11-14,16H2,1-4H3,(H,23,27). The van der Waals surface area contributed by atoms with E-state index in [2.05, 4.69) is 28.2 Å². The van der Waals surface area contributed by atoms with E-state index in [9.17, 15) is 13.2 Å². The molecule has 1 N–H and O–H groups in total. The van der Waals surface area contributed by atoms with E-state index in [0.717, 1.165) is 41.7 Å². The van der Waals surface area contributed by atoms with Gasteiger partial charge in [-0.3, -0.25) is 4.79 Å². The molecule has 0 unspecified atom stereocenters. The second-order valence-corrected chi connectivity index (χ2v) is 9.88. The van der Waals surface area contributed by atoms with E-state index in [1.165, 1.54) is 33.3 Å². The first-order valence-corrected chi connectivity index (χ1v) is 11.6. The molecule has 3 rings (SSSR count). The summed E-state index contributed by atoms with van der Waals surface area (Å²) in [5.74, 6) is -0.142. The minimum absolute atomic E-state index is 0.0366. The normalized spacial score (nSPS) is 15.2. The van der Waals surface area contributed by atoms with Gasteiger partial charge in [-0.1, -0.05) is 18.2 Å². The van der Waals surface area contributed by atoms with E-state index in [-0.39, 0.29) is 22.1 Å². The number of amides is 1. The van der Waals surface area contributed by atoms with Crippen molar-refractivity contribution in [3.63, 3.8) is 0 Å². The largest absolute Gasteiger partial charge is 0.495 e. The Bertz CT molecular complexity index is 1030. The zero-order valence-corrected chi connectivity index (χ0v) is 19.3. The van der Waals surface area contributed by atoms with E-state index in [1.807, 2.05) is 18.2 Å². The first-order valence-electron chi connectivity index (χ1n) is 10.1. The molecule has 0 atom stereocenters. The van der Waals surface area contributed by atoms with Crippen molar-refractivity contribution in [2.24, 2.45) is 0 Å². The lowest BCUT2D eigenvalue weighted by molar-refractivity contribution is 0.0950. The molecule has 9 heteroatoms. The van der Waals surface area contributed by atoms with Gasteiger partial charge in [0.05, 0.1) is 7.11 Å². The lowest BCUT2D eigenvalue weighted by Gasteiger charge is -2.35. The fourth-order valence-corrected chi connectivity index (χ4v) is 4.58. The second-order valence-electron chi connectivity index (χ2n) is 7.75. The number of anilines is 1. The van der Waals surface area contributed by atoms with Gasteiger partial charge >= 0.3 is 0 Å². The smallest absolute Gasteiger partial charge is 0.251 e. The minimum Gasteiger partial charge on any atom is -0.495 e. The molecule has 1 aliphatic rings. The van der Waals surface area contributed by atoms with Crippen LogP contribution in [0.4, 0.5) is 5.69 Å². The van der Waals surface area contributed by atoms with E-state index >= 15 is 0 Å². The summed E-state index contributed by atoms with van der Waals surface area (Å²) < 4.78 is 31.5. The summed E-state index contributed by atoms with van der Waals surface area (Å²) in [6.07, 6.45) is 0. The Morgan fingerprint density at radius 2 is 1.77 bits per heavy atom. The number of carbonyl (C=O) groups excluding carboxylic acids is 1. The Hall–Kier alpha value is -2.62. The number of nitrogens with zero attached hydrogens (tertiary/aromatic N) is 3. The number of rotatable bonds is 7. The van der Waals surface area contributed by atoms with Gasteiger partial charge in [-0.25, -0.2) is 12.7 Å². The first kappa shape index (κ1) is 23.1. The number of hydrogen-bond acceptors (Lipinski definition) is 6. The lowest BCUT2D eigenvalue weighted by Crippen LogP contribution is -2.45. The molecule has 0 bridgehead atoms. The average Bonchev–Trinajstić information content (AvgIpc) is 2.77. The van der Waals surface area contributed by atoms with Crippen LogP contribution in [0.2, 0.25) is 0 Å². The molecule has 1 fully saturated rings. The maximum absolute atomic E-state index is 12.8. The number of piperazine rings is 1. The molecule has 2 aromatic carbocycles. The van der Waals surface area contributed by atoms with Gasteiger partial charge in [0.25, 0.3) is 5.91 Å². The van der Waals surface area contributed by atoms with Crippen LogP contribution in [-0.4, -0.2) is 78.0 Å². The van der Waals surface area contributed by atoms with Crippen molar-refractivity contribution in [3.05, 3.63) is 53.6 Å². The molecule has 0 aliphatic carbocycles. The van der Waals surface area contributed by atoms with Gasteiger partial charge in [-0.2, -0.15) is 0 Å². The van der Waals surface area contributed by atoms with E-state index in [1.54, 1.807) is 6.07 Å². The summed E-state index contributed by atoms with van der Waals surface area (Å²) in [5.41, 5.74) is 2.40. The van der Waals surface area contributed by atoms with Crippen molar-refractivity contribution in [1.82, 2.24) is 14.5 Å². The molecule has 0 radical (unpaired) electrons. The molecule has 1 aliphatic heterocycles. The Labute approximate surface area is 184 Å². The van der Waals surface area contributed by atoms with E-state index < -0.39 is 10.0 Å². The van der Waals surface area contributed by atoms with Crippen molar-refractivity contribution < 1.29 is 17.9 Å². The third-order valence-electron chi connectivity index (χ3n) is 5.46. The summed E-state index contributed by atoms with van der Waals surface area (Å²) in [4.78, 5) is 17.4. The predicted molar refractivity (Wildman–Crippen MR) is 121 cm³/mol. The Morgan fingerprint density at radius 1 is 1.10 bits per heavy atom. The summed E-state index contributed by atoms with van der Waals surface area (Å²) in [5, 5.41) is 2.92. The third-order valence-corrected chi connectivity index (χ3v) is 7.30. The number of benzene rings is 2. The van der Waals surface area contributed by atoms with Crippen LogP contribution in [0.1, 0.15) is 15.9 Å². The zero-order valence-electron chi connectivity index (χ0n) is 18.5. The fraction of sp³-hybridized carbons (Fsp3) is 0.409.